The minimum absolute atomic E-state index is 0.110. The molecule has 1 aromatic carbocycles. The number of nitrogens with zero attached hydrogens (tertiary/aromatic N) is 2. The molecule has 0 bridgehead atoms. The zero-order valence-corrected chi connectivity index (χ0v) is 12.1. The fourth-order valence-corrected chi connectivity index (χ4v) is 2.53. The number of likely N-dealkylation sites (tertiary alicyclic amines) is 1. The highest BCUT2D eigenvalue weighted by molar-refractivity contribution is 5.89. The average Bonchev–Trinajstić information content (AvgIpc) is 3.03. The number of carbonyl (C=O) groups is 1. The van der Waals surface area contributed by atoms with Crippen LogP contribution in [0, 0.1) is 5.82 Å². The van der Waals surface area contributed by atoms with Crippen molar-refractivity contribution in [1.29, 1.82) is 0 Å². The van der Waals surface area contributed by atoms with E-state index in [0.717, 1.165) is 18.5 Å². The van der Waals surface area contributed by atoms with Crippen molar-refractivity contribution in [3.05, 3.63) is 42.5 Å². The number of nitrogens with one attached hydrogen (secondary N) is 3. The molecule has 3 N–H and O–H groups in total. The van der Waals surface area contributed by atoms with Crippen LogP contribution in [0.5, 0.6) is 0 Å². The van der Waals surface area contributed by atoms with Crippen LogP contribution < -0.4 is 10.6 Å². The van der Waals surface area contributed by atoms with Gasteiger partial charge in [-0.1, -0.05) is 0 Å². The van der Waals surface area contributed by atoms with Crippen molar-refractivity contribution in [2.45, 2.75) is 18.9 Å². The standard InChI is InChI=1S/C15H18FN5O/c16-11-1-3-12(4-2-11)19-13-5-7-21(8-6-13)15(22)20-14-9-17-18-10-14/h1-4,9-10,13,19H,5-8H2,(H,17,18)(H,20,22). The fourth-order valence-electron chi connectivity index (χ4n) is 2.53. The summed E-state index contributed by atoms with van der Waals surface area (Å²) in [5, 5.41) is 12.6. The number of rotatable bonds is 3. The lowest BCUT2D eigenvalue weighted by Crippen LogP contribution is -2.44. The van der Waals surface area contributed by atoms with Crippen molar-refractivity contribution < 1.29 is 9.18 Å². The third kappa shape index (κ3) is 3.55. The first-order valence-corrected chi connectivity index (χ1v) is 7.27. The molecule has 1 aliphatic heterocycles. The zero-order chi connectivity index (χ0) is 15.4. The molecule has 2 amide bonds. The van der Waals surface area contributed by atoms with Crippen molar-refractivity contribution in [3.8, 4) is 0 Å². The number of benzene rings is 1. The Labute approximate surface area is 127 Å². The van der Waals surface area contributed by atoms with Crippen molar-refractivity contribution in [3.63, 3.8) is 0 Å². The molecule has 0 atom stereocenters. The molecule has 0 unspecified atom stereocenters. The number of urea groups is 1. The van der Waals surface area contributed by atoms with E-state index in [2.05, 4.69) is 20.8 Å². The second kappa shape index (κ2) is 6.46. The SMILES string of the molecule is O=C(Nc1cn[nH]c1)N1CCC(Nc2ccc(F)cc2)CC1. The summed E-state index contributed by atoms with van der Waals surface area (Å²) in [7, 11) is 0. The molecular formula is C15H18FN5O. The van der Waals surface area contributed by atoms with Crippen LogP contribution in [0.15, 0.2) is 36.7 Å². The molecule has 116 valence electrons. The molecular weight excluding hydrogens is 285 g/mol. The lowest BCUT2D eigenvalue weighted by atomic mass is 10.0. The molecule has 0 spiro atoms. The van der Waals surface area contributed by atoms with Gasteiger partial charge in [-0.3, -0.25) is 5.10 Å². The highest BCUT2D eigenvalue weighted by Gasteiger charge is 2.22. The van der Waals surface area contributed by atoms with Gasteiger partial charge in [0.2, 0.25) is 0 Å². The largest absolute Gasteiger partial charge is 0.382 e. The van der Waals surface area contributed by atoms with E-state index in [9.17, 15) is 9.18 Å². The monoisotopic (exact) mass is 303 g/mol. The van der Waals surface area contributed by atoms with Crippen molar-refractivity contribution in [2.24, 2.45) is 0 Å². The van der Waals surface area contributed by atoms with E-state index in [1.165, 1.54) is 12.1 Å². The number of carbonyl (C=O) groups excluding carboxylic acids is 1. The number of anilines is 2. The first-order valence-electron chi connectivity index (χ1n) is 7.27. The lowest BCUT2D eigenvalue weighted by molar-refractivity contribution is 0.197. The summed E-state index contributed by atoms with van der Waals surface area (Å²) >= 11 is 0. The average molecular weight is 303 g/mol. The summed E-state index contributed by atoms with van der Waals surface area (Å²) in [4.78, 5) is 13.9. The maximum absolute atomic E-state index is 12.9. The Balaban J connectivity index is 1.47. The third-order valence-electron chi connectivity index (χ3n) is 3.75. The Morgan fingerprint density at radius 3 is 2.59 bits per heavy atom. The quantitative estimate of drug-likeness (QED) is 0.816. The van der Waals surface area contributed by atoms with E-state index in [4.69, 9.17) is 0 Å². The zero-order valence-electron chi connectivity index (χ0n) is 12.1. The molecule has 1 fully saturated rings. The van der Waals surface area contributed by atoms with Crippen molar-refractivity contribution in [1.82, 2.24) is 15.1 Å². The van der Waals surface area contributed by atoms with E-state index < -0.39 is 0 Å². The molecule has 1 aliphatic rings. The van der Waals surface area contributed by atoms with E-state index in [1.807, 2.05) is 0 Å². The molecule has 22 heavy (non-hydrogen) atoms. The number of hydrogen-bond acceptors (Lipinski definition) is 3. The number of piperidine rings is 1. The van der Waals surface area contributed by atoms with Crippen LogP contribution in [-0.2, 0) is 0 Å². The molecule has 7 heteroatoms. The molecule has 6 nitrogen and oxygen atoms in total. The molecule has 3 rings (SSSR count). The molecule has 0 radical (unpaired) electrons. The number of aromatic nitrogens is 2. The topological polar surface area (TPSA) is 73.0 Å². The van der Waals surface area contributed by atoms with E-state index in [-0.39, 0.29) is 11.8 Å². The predicted octanol–water partition coefficient (Wildman–Crippen LogP) is 2.66. The summed E-state index contributed by atoms with van der Waals surface area (Å²) in [6.07, 6.45) is 4.92. The molecule has 0 aliphatic carbocycles. The Hall–Kier alpha value is -2.57. The van der Waals surface area contributed by atoms with Gasteiger partial charge in [-0.2, -0.15) is 5.10 Å². The molecule has 0 saturated carbocycles. The first-order chi connectivity index (χ1) is 10.7. The maximum atomic E-state index is 12.9. The lowest BCUT2D eigenvalue weighted by Gasteiger charge is -2.32. The number of hydrogen-bond donors (Lipinski definition) is 3. The van der Waals surface area contributed by atoms with Crippen LogP contribution in [0.4, 0.5) is 20.6 Å². The number of aromatic amines is 1. The van der Waals surface area contributed by atoms with E-state index in [1.54, 1.807) is 29.4 Å². The van der Waals surface area contributed by atoms with Gasteiger partial charge in [-0.25, -0.2) is 9.18 Å². The predicted molar refractivity (Wildman–Crippen MR) is 82.2 cm³/mol. The highest BCUT2D eigenvalue weighted by Crippen LogP contribution is 2.17. The van der Waals surface area contributed by atoms with Crippen LogP contribution in [0.2, 0.25) is 0 Å². The Bertz CT molecular complexity index is 605. The molecule has 2 aromatic rings. The van der Waals surface area contributed by atoms with Crippen molar-refractivity contribution >= 4 is 17.4 Å². The Kier molecular flexibility index (Phi) is 4.22. The summed E-state index contributed by atoms with van der Waals surface area (Å²) in [6.45, 7) is 1.37. The van der Waals surface area contributed by atoms with Gasteiger partial charge in [-0.15, -0.1) is 0 Å². The van der Waals surface area contributed by atoms with Crippen LogP contribution in [0.1, 0.15) is 12.8 Å². The summed E-state index contributed by atoms with van der Waals surface area (Å²) in [6, 6.07) is 6.52. The van der Waals surface area contributed by atoms with Crippen LogP contribution in [0.3, 0.4) is 0 Å². The minimum Gasteiger partial charge on any atom is -0.382 e. The smallest absolute Gasteiger partial charge is 0.321 e. The highest BCUT2D eigenvalue weighted by atomic mass is 19.1. The molecule has 1 aromatic heterocycles. The van der Waals surface area contributed by atoms with Gasteiger partial charge in [0.25, 0.3) is 0 Å². The van der Waals surface area contributed by atoms with Crippen LogP contribution >= 0.6 is 0 Å². The first kappa shape index (κ1) is 14.4. The van der Waals surface area contributed by atoms with Crippen molar-refractivity contribution in [2.75, 3.05) is 23.7 Å². The summed E-state index contributed by atoms with van der Waals surface area (Å²) in [5.41, 5.74) is 1.57. The number of halogens is 1. The van der Waals surface area contributed by atoms with Gasteiger partial charge >= 0.3 is 6.03 Å². The normalized spacial score (nSPS) is 15.6. The van der Waals surface area contributed by atoms with Gasteiger partial charge in [0.15, 0.2) is 0 Å². The summed E-state index contributed by atoms with van der Waals surface area (Å²) in [5.74, 6) is -0.240. The van der Waals surface area contributed by atoms with Crippen LogP contribution in [0.25, 0.3) is 0 Å². The van der Waals surface area contributed by atoms with E-state index in [0.29, 0.717) is 24.8 Å². The van der Waals surface area contributed by atoms with Gasteiger partial charge < -0.3 is 15.5 Å². The Morgan fingerprint density at radius 2 is 1.95 bits per heavy atom. The number of H-pyrrole nitrogens is 1. The fraction of sp³-hybridized carbons (Fsp3) is 0.333. The van der Waals surface area contributed by atoms with E-state index >= 15 is 0 Å². The molecule has 2 heterocycles. The maximum Gasteiger partial charge on any atom is 0.321 e. The second-order valence-corrected chi connectivity index (χ2v) is 5.33. The van der Waals surface area contributed by atoms with Gasteiger partial charge in [0.1, 0.15) is 5.82 Å². The summed E-state index contributed by atoms with van der Waals surface area (Å²) < 4.78 is 12.9. The van der Waals surface area contributed by atoms with Gasteiger partial charge in [0, 0.05) is 31.0 Å². The number of amides is 2. The minimum atomic E-state index is -0.240. The van der Waals surface area contributed by atoms with Gasteiger partial charge in [-0.05, 0) is 37.1 Å². The second-order valence-electron chi connectivity index (χ2n) is 5.33. The third-order valence-corrected chi connectivity index (χ3v) is 3.75. The molecule has 1 saturated heterocycles. The van der Waals surface area contributed by atoms with Crippen LogP contribution in [-0.4, -0.2) is 40.3 Å². The Morgan fingerprint density at radius 1 is 1.23 bits per heavy atom. The van der Waals surface area contributed by atoms with Gasteiger partial charge in [0.05, 0.1) is 11.9 Å².